The van der Waals surface area contributed by atoms with E-state index in [0.717, 1.165) is 25.8 Å². The van der Waals surface area contributed by atoms with Crippen LogP contribution < -0.4 is 5.32 Å². The zero-order valence-electron chi connectivity index (χ0n) is 16.3. The van der Waals surface area contributed by atoms with Gasteiger partial charge in [-0.05, 0) is 45.7 Å². The lowest BCUT2D eigenvalue weighted by molar-refractivity contribution is -0.146. The van der Waals surface area contributed by atoms with Crippen molar-refractivity contribution in [2.75, 3.05) is 26.2 Å². The molecule has 0 unspecified atom stereocenters. The Hall–Kier alpha value is -1.95. The Bertz CT molecular complexity index is 694. The second-order valence-corrected chi connectivity index (χ2v) is 8.20. The third-order valence-electron chi connectivity index (χ3n) is 5.68. The van der Waals surface area contributed by atoms with Gasteiger partial charge in [0.1, 0.15) is 5.82 Å². The molecule has 2 amide bonds. The minimum atomic E-state index is -0.363. The number of rotatable bonds is 6. The molecule has 0 saturated carbocycles. The van der Waals surface area contributed by atoms with E-state index in [2.05, 4.69) is 10.2 Å². The average Bonchev–Trinajstić information content (AvgIpc) is 3.03. The number of carbonyl (C=O) groups is 2. The number of nitrogens with zero attached hydrogens (tertiary/aromatic N) is 2. The summed E-state index contributed by atoms with van der Waals surface area (Å²) in [5.74, 6) is -0.0534. The van der Waals surface area contributed by atoms with Crippen molar-refractivity contribution in [1.82, 2.24) is 15.1 Å². The number of amides is 2. The van der Waals surface area contributed by atoms with E-state index in [1.165, 1.54) is 6.07 Å². The van der Waals surface area contributed by atoms with Crippen LogP contribution in [0.15, 0.2) is 24.3 Å². The molecule has 1 atom stereocenters. The molecule has 5 nitrogen and oxygen atoms in total. The molecule has 1 spiro atoms. The van der Waals surface area contributed by atoms with Gasteiger partial charge in [-0.1, -0.05) is 18.2 Å². The zero-order chi connectivity index (χ0) is 19.4. The van der Waals surface area contributed by atoms with E-state index >= 15 is 0 Å². The second-order valence-electron chi connectivity index (χ2n) is 8.20. The normalized spacial score (nSPS) is 23.4. The lowest BCUT2D eigenvalue weighted by atomic mass is 9.78. The van der Waals surface area contributed by atoms with Crippen LogP contribution in [0.25, 0.3) is 0 Å². The van der Waals surface area contributed by atoms with Gasteiger partial charge >= 0.3 is 0 Å². The van der Waals surface area contributed by atoms with Crippen LogP contribution in [0.3, 0.4) is 0 Å². The van der Waals surface area contributed by atoms with Crippen molar-refractivity contribution >= 4 is 11.8 Å². The van der Waals surface area contributed by atoms with Crippen molar-refractivity contribution in [2.24, 2.45) is 5.41 Å². The number of carbonyl (C=O) groups excluding carboxylic acids is 2. The molecule has 148 valence electrons. The van der Waals surface area contributed by atoms with Gasteiger partial charge in [0.05, 0.1) is 5.41 Å². The van der Waals surface area contributed by atoms with E-state index in [0.29, 0.717) is 38.2 Å². The molecule has 2 fully saturated rings. The first-order valence-corrected chi connectivity index (χ1v) is 9.94. The molecule has 0 aromatic heterocycles. The lowest BCUT2D eigenvalue weighted by Crippen LogP contribution is -2.49. The van der Waals surface area contributed by atoms with Gasteiger partial charge in [0.2, 0.25) is 11.8 Å². The van der Waals surface area contributed by atoms with Gasteiger partial charge in [-0.2, -0.15) is 0 Å². The molecular weight excluding hydrogens is 345 g/mol. The highest BCUT2D eigenvalue weighted by atomic mass is 19.1. The summed E-state index contributed by atoms with van der Waals surface area (Å²) in [6.45, 7) is 7.15. The third kappa shape index (κ3) is 4.67. The number of likely N-dealkylation sites (tertiary alicyclic amines) is 2. The fourth-order valence-corrected chi connectivity index (χ4v) is 4.32. The highest BCUT2D eigenvalue weighted by Gasteiger charge is 2.48. The van der Waals surface area contributed by atoms with Gasteiger partial charge in [-0.3, -0.25) is 9.59 Å². The van der Waals surface area contributed by atoms with E-state index in [1.54, 1.807) is 12.1 Å². The molecule has 2 saturated heterocycles. The Morgan fingerprint density at radius 2 is 2.04 bits per heavy atom. The minimum Gasteiger partial charge on any atom is -0.354 e. The SMILES string of the molecule is CC(C)NC(=O)CCN1CC[C@]2(CCCN(Cc3ccccc3F)C2=O)C1. The third-order valence-corrected chi connectivity index (χ3v) is 5.68. The monoisotopic (exact) mass is 375 g/mol. The van der Waals surface area contributed by atoms with Crippen molar-refractivity contribution in [2.45, 2.75) is 52.1 Å². The Kier molecular flexibility index (Phi) is 6.15. The summed E-state index contributed by atoms with van der Waals surface area (Å²) in [5, 5.41) is 2.91. The molecule has 0 radical (unpaired) electrons. The van der Waals surface area contributed by atoms with E-state index in [-0.39, 0.29) is 29.1 Å². The summed E-state index contributed by atoms with van der Waals surface area (Å²) in [6, 6.07) is 6.82. The molecule has 6 heteroatoms. The topological polar surface area (TPSA) is 52.7 Å². The van der Waals surface area contributed by atoms with Gasteiger partial charge < -0.3 is 15.1 Å². The van der Waals surface area contributed by atoms with Crippen molar-refractivity contribution in [3.05, 3.63) is 35.6 Å². The number of hydrogen-bond acceptors (Lipinski definition) is 3. The smallest absolute Gasteiger partial charge is 0.230 e. The van der Waals surface area contributed by atoms with Crippen LogP contribution in [0.4, 0.5) is 4.39 Å². The van der Waals surface area contributed by atoms with Gasteiger partial charge in [-0.15, -0.1) is 0 Å². The fourth-order valence-electron chi connectivity index (χ4n) is 4.32. The Balaban J connectivity index is 1.58. The molecule has 27 heavy (non-hydrogen) atoms. The Morgan fingerprint density at radius 3 is 2.78 bits per heavy atom. The maximum Gasteiger partial charge on any atom is 0.230 e. The molecule has 0 aliphatic carbocycles. The van der Waals surface area contributed by atoms with Crippen LogP contribution in [0, 0.1) is 11.2 Å². The van der Waals surface area contributed by atoms with Crippen LogP contribution in [-0.2, 0) is 16.1 Å². The predicted molar refractivity (Wildman–Crippen MR) is 102 cm³/mol. The molecule has 1 aromatic carbocycles. The van der Waals surface area contributed by atoms with Gasteiger partial charge in [0.15, 0.2) is 0 Å². The molecule has 0 bridgehead atoms. The van der Waals surface area contributed by atoms with Gasteiger partial charge in [0.25, 0.3) is 0 Å². The van der Waals surface area contributed by atoms with Crippen LogP contribution in [0.1, 0.15) is 45.1 Å². The predicted octanol–water partition coefficient (Wildman–Crippen LogP) is 2.55. The van der Waals surface area contributed by atoms with Crippen molar-refractivity contribution in [3.63, 3.8) is 0 Å². The standard InChI is InChI=1S/C21H30FN3O2/c1-16(2)23-19(26)8-12-24-13-10-21(15-24)9-5-11-25(20(21)27)14-17-6-3-4-7-18(17)22/h3-4,6-7,16H,5,8-15H2,1-2H3,(H,23,26)/t21-/m1/s1. The Morgan fingerprint density at radius 1 is 1.26 bits per heavy atom. The average molecular weight is 375 g/mol. The van der Waals surface area contributed by atoms with Crippen LogP contribution in [0.2, 0.25) is 0 Å². The van der Waals surface area contributed by atoms with Gasteiger partial charge in [-0.25, -0.2) is 4.39 Å². The highest BCUT2D eigenvalue weighted by Crippen LogP contribution is 2.40. The van der Waals surface area contributed by atoms with Crippen molar-refractivity contribution < 1.29 is 14.0 Å². The number of hydrogen-bond donors (Lipinski definition) is 1. The van der Waals surface area contributed by atoms with Crippen LogP contribution >= 0.6 is 0 Å². The van der Waals surface area contributed by atoms with E-state index in [9.17, 15) is 14.0 Å². The van der Waals surface area contributed by atoms with E-state index in [1.807, 2.05) is 24.8 Å². The maximum atomic E-state index is 14.0. The largest absolute Gasteiger partial charge is 0.354 e. The summed E-state index contributed by atoms with van der Waals surface area (Å²) in [5.41, 5.74) is 0.209. The summed E-state index contributed by atoms with van der Waals surface area (Å²) in [6.07, 6.45) is 3.11. The summed E-state index contributed by atoms with van der Waals surface area (Å²) in [7, 11) is 0. The number of benzene rings is 1. The number of halogens is 1. The first-order chi connectivity index (χ1) is 12.9. The maximum absolute atomic E-state index is 14.0. The molecule has 1 aromatic rings. The Labute approximate surface area is 160 Å². The van der Waals surface area contributed by atoms with Crippen LogP contribution in [-0.4, -0.2) is 53.8 Å². The molecule has 1 N–H and O–H groups in total. The van der Waals surface area contributed by atoms with Crippen LogP contribution in [0.5, 0.6) is 0 Å². The quantitative estimate of drug-likeness (QED) is 0.831. The zero-order valence-corrected chi connectivity index (χ0v) is 16.3. The summed E-state index contributed by atoms with van der Waals surface area (Å²) < 4.78 is 14.0. The minimum absolute atomic E-state index is 0.0575. The molecule has 2 aliphatic heterocycles. The summed E-state index contributed by atoms with van der Waals surface area (Å²) >= 11 is 0. The lowest BCUT2D eigenvalue weighted by Gasteiger charge is -2.39. The summed E-state index contributed by atoms with van der Waals surface area (Å²) in [4.78, 5) is 29.1. The number of piperidine rings is 1. The van der Waals surface area contributed by atoms with Crippen molar-refractivity contribution in [1.29, 1.82) is 0 Å². The number of nitrogens with one attached hydrogen (secondary N) is 1. The van der Waals surface area contributed by atoms with E-state index in [4.69, 9.17) is 0 Å². The van der Waals surface area contributed by atoms with E-state index < -0.39 is 0 Å². The molecule has 3 rings (SSSR count). The second kappa shape index (κ2) is 8.38. The molecule has 2 heterocycles. The fraction of sp³-hybridized carbons (Fsp3) is 0.619. The van der Waals surface area contributed by atoms with Gasteiger partial charge in [0, 0.05) is 44.2 Å². The van der Waals surface area contributed by atoms with Crippen molar-refractivity contribution in [3.8, 4) is 0 Å². The first-order valence-electron chi connectivity index (χ1n) is 9.94. The first kappa shape index (κ1) is 19.8. The highest BCUT2D eigenvalue weighted by molar-refractivity contribution is 5.84. The molecular formula is C21H30FN3O2. The molecule has 2 aliphatic rings.